The van der Waals surface area contributed by atoms with E-state index in [1.807, 2.05) is 6.07 Å². The molecular weight excluding hydrogens is 248 g/mol. The van der Waals surface area contributed by atoms with Gasteiger partial charge in [-0.15, -0.1) is 0 Å². The van der Waals surface area contributed by atoms with E-state index in [-0.39, 0.29) is 0 Å². The number of ether oxygens (including phenoxy) is 1. The Morgan fingerprint density at radius 1 is 1.20 bits per heavy atom. The van der Waals surface area contributed by atoms with Crippen molar-refractivity contribution in [2.45, 2.75) is 50.7 Å². The second-order valence-corrected chi connectivity index (χ2v) is 6.36. The van der Waals surface area contributed by atoms with Crippen molar-refractivity contribution in [3.63, 3.8) is 0 Å². The molecule has 2 aliphatic rings. The van der Waals surface area contributed by atoms with Gasteiger partial charge in [0.2, 0.25) is 0 Å². The maximum Gasteiger partial charge on any atom is 0.122 e. The zero-order valence-corrected chi connectivity index (χ0v) is 12.6. The van der Waals surface area contributed by atoms with E-state index in [9.17, 15) is 0 Å². The minimum Gasteiger partial charge on any atom is -0.492 e. The summed E-state index contributed by atoms with van der Waals surface area (Å²) in [6, 6.07) is 10.5. The highest BCUT2D eigenvalue weighted by Gasteiger charge is 2.34. The number of nitrogens with one attached hydrogen (secondary N) is 1. The van der Waals surface area contributed by atoms with Crippen molar-refractivity contribution in [3.8, 4) is 5.75 Å². The zero-order chi connectivity index (χ0) is 13.9. The lowest BCUT2D eigenvalue weighted by Crippen LogP contribution is -2.47. The Morgan fingerprint density at radius 3 is 2.60 bits per heavy atom. The Labute approximate surface area is 122 Å². The molecule has 20 heavy (non-hydrogen) atoms. The van der Waals surface area contributed by atoms with Gasteiger partial charge in [0.1, 0.15) is 12.4 Å². The average molecular weight is 274 g/mol. The van der Waals surface area contributed by atoms with Gasteiger partial charge in [0.15, 0.2) is 0 Å². The molecule has 0 radical (unpaired) electrons. The molecule has 0 amide bonds. The summed E-state index contributed by atoms with van der Waals surface area (Å²) in [4.78, 5) is 2.49. The third kappa shape index (κ3) is 3.15. The summed E-state index contributed by atoms with van der Waals surface area (Å²) >= 11 is 0. The largest absolute Gasteiger partial charge is 0.492 e. The SMILES string of the molecule is Cc1ccccc1OCCN(C)C1CC2CCC(C1)N2. The van der Waals surface area contributed by atoms with Crippen LogP contribution in [0, 0.1) is 6.92 Å². The number of para-hydroxylation sites is 1. The van der Waals surface area contributed by atoms with Gasteiger partial charge in [-0.3, -0.25) is 4.90 Å². The fourth-order valence-electron chi connectivity index (χ4n) is 3.59. The van der Waals surface area contributed by atoms with Crippen LogP contribution in [0.15, 0.2) is 24.3 Å². The third-order valence-corrected chi connectivity index (χ3v) is 4.87. The number of benzene rings is 1. The van der Waals surface area contributed by atoms with Crippen LogP contribution in [0.5, 0.6) is 5.75 Å². The lowest BCUT2D eigenvalue weighted by molar-refractivity contribution is 0.147. The lowest BCUT2D eigenvalue weighted by Gasteiger charge is -2.35. The molecule has 2 bridgehead atoms. The fourth-order valence-corrected chi connectivity index (χ4v) is 3.59. The number of aryl methyl sites for hydroxylation is 1. The third-order valence-electron chi connectivity index (χ3n) is 4.87. The number of likely N-dealkylation sites (N-methyl/N-ethyl adjacent to an activating group) is 1. The van der Waals surface area contributed by atoms with Gasteiger partial charge in [-0.2, -0.15) is 0 Å². The number of fused-ring (bicyclic) bond motifs is 2. The average Bonchev–Trinajstić information content (AvgIpc) is 2.79. The quantitative estimate of drug-likeness (QED) is 0.893. The van der Waals surface area contributed by atoms with E-state index in [2.05, 4.69) is 42.4 Å². The van der Waals surface area contributed by atoms with E-state index in [1.54, 1.807) is 0 Å². The first-order chi connectivity index (χ1) is 9.72. The van der Waals surface area contributed by atoms with Crippen molar-refractivity contribution in [2.24, 2.45) is 0 Å². The monoisotopic (exact) mass is 274 g/mol. The maximum atomic E-state index is 5.91. The molecule has 3 nitrogen and oxygen atoms in total. The Kier molecular flexibility index (Phi) is 4.27. The van der Waals surface area contributed by atoms with Gasteiger partial charge in [0.25, 0.3) is 0 Å². The molecule has 3 rings (SSSR count). The molecule has 2 aliphatic heterocycles. The van der Waals surface area contributed by atoms with Crippen LogP contribution in [0.25, 0.3) is 0 Å². The van der Waals surface area contributed by atoms with Crippen molar-refractivity contribution in [3.05, 3.63) is 29.8 Å². The number of nitrogens with zero attached hydrogens (tertiary/aromatic N) is 1. The van der Waals surface area contributed by atoms with Crippen molar-refractivity contribution in [2.75, 3.05) is 20.2 Å². The van der Waals surface area contributed by atoms with Crippen LogP contribution in [0.4, 0.5) is 0 Å². The van der Waals surface area contributed by atoms with E-state index >= 15 is 0 Å². The fraction of sp³-hybridized carbons (Fsp3) is 0.647. The first kappa shape index (κ1) is 13.9. The molecule has 2 fully saturated rings. The Balaban J connectivity index is 1.45. The summed E-state index contributed by atoms with van der Waals surface area (Å²) in [6.45, 7) is 3.89. The molecule has 0 spiro atoms. The molecule has 0 aliphatic carbocycles. The van der Waals surface area contributed by atoms with E-state index in [1.165, 1.54) is 31.2 Å². The zero-order valence-electron chi connectivity index (χ0n) is 12.6. The molecule has 1 aromatic rings. The van der Waals surface area contributed by atoms with Gasteiger partial charge in [0, 0.05) is 24.7 Å². The van der Waals surface area contributed by atoms with Gasteiger partial charge in [-0.05, 0) is 51.3 Å². The van der Waals surface area contributed by atoms with Gasteiger partial charge >= 0.3 is 0 Å². The summed E-state index contributed by atoms with van der Waals surface area (Å²) in [7, 11) is 2.25. The molecule has 0 saturated carbocycles. The predicted octanol–water partition coefficient (Wildman–Crippen LogP) is 2.59. The van der Waals surface area contributed by atoms with E-state index in [0.29, 0.717) is 0 Å². The maximum absolute atomic E-state index is 5.91. The van der Waals surface area contributed by atoms with Crippen molar-refractivity contribution in [1.82, 2.24) is 10.2 Å². The summed E-state index contributed by atoms with van der Waals surface area (Å²) in [5.41, 5.74) is 1.22. The Hall–Kier alpha value is -1.06. The topological polar surface area (TPSA) is 24.5 Å². The van der Waals surface area contributed by atoms with Gasteiger partial charge in [-0.25, -0.2) is 0 Å². The minimum atomic E-state index is 0.731. The Morgan fingerprint density at radius 2 is 1.90 bits per heavy atom. The first-order valence-electron chi connectivity index (χ1n) is 7.87. The van der Waals surface area contributed by atoms with Crippen LogP contribution >= 0.6 is 0 Å². The van der Waals surface area contributed by atoms with Crippen LogP contribution in [0.2, 0.25) is 0 Å². The number of hydrogen-bond donors (Lipinski definition) is 1. The summed E-state index contributed by atoms with van der Waals surface area (Å²) in [5.74, 6) is 1.02. The lowest BCUT2D eigenvalue weighted by atomic mass is 9.99. The van der Waals surface area contributed by atoms with Crippen molar-refractivity contribution in [1.29, 1.82) is 0 Å². The van der Waals surface area contributed by atoms with Gasteiger partial charge in [-0.1, -0.05) is 18.2 Å². The molecule has 3 heteroatoms. The van der Waals surface area contributed by atoms with Crippen molar-refractivity contribution < 1.29 is 4.74 Å². The molecule has 110 valence electrons. The summed E-state index contributed by atoms with van der Waals surface area (Å²) in [6.07, 6.45) is 5.35. The van der Waals surface area contributed by atoms with Crippen LogP contribution in [-0.4, -0.2) is 43.2 Å². The molecule has 2 unspecified atom stereocenters. The number of piperidine rings is 1. The second kappa shape index (κ2) is 6.15. The number of hydrogen-bond acceptors (Lipinski definition) is 3. The molecule has 0 aromatic heterocycles. The van der Waals surface area contributed by atoms with Crippen LogP contribution < -0.4 is 10.1 Å². The normalized spacial score (nSPS) is 28.9. The number of rotatable bonds is 5. The molecule has 2 saturated heterocycles. The van der Waals surface area contributed by atoms with E-state index in [4.69, 9.17) is 4.74 Å². The van der Waals surface area contributed by atoms with E-state index in [0.717, 1.165) is 37.0 Å². The van der Waals surface area contributed by atoms with Crippen LogP contribution in [0.1, 0.15) is 31.2 Å². The highest BCUT2D eigenvalue weighted by molar-refractivity contribution is 5.31. The Bertz CT molecular complexity index is 436. The van der Waals surface area contributed by atoms with Crippen molar-refractivity contribution >= 4 is 0 Å². The standard InChI is InChI=1S/C17H26N2O/c1-13-5-3-4-6-17(13)20-10-9-19(2)16-11-14-7-8-15(12-16)18-14/h3-6,14-16,18H,7-12H2,1-2H3. The van der Waals surface area contributed by atoms with E-state index < -0.39 is 0 Å². The minimum absolute atomic E-state index is 0.731. The van der Waals surface area contributed by atoms with Gasteiger partial charge < -0.3 is 10.1 Å². The van der Waals surface area contributed by atoms with Crippen LogP contribution in [0.3, 0.4) is 0 Å². The summed E-state index contributed by atoms with van der Waals surface area (Å²) in [5, 5.41) is 3.71. The highest BCUT2D eigenvalue weighted by Crippen LogP contribution is 2.29. The smallest absolute Gasteiger partial charge is 0.122 e. The highest BCUT2D eigenvalue weighted by atomic mass is 16.5. The molecular formula is C17H26N2O. The molecule has 2 atom stereocenters. The summed E-state index contributed by atoms with van der Waals surface area (Å²) < 4.78 is 5.91. The molecule has 1 N–H and O–H groups in total. The second-order valence-electron chi connectivity index (χ2n) is 6.36. The van der Waals surface area contributed by atoms with Gasteiger partial charge in [0.05, 0.1) is 0 Å². The molecule has 2 heterocycles. The first-order valence-corrected chi connectivity index (χ1v) is 7.87. The van der Waals surface area contributed by atoms with Crippen LogP contribution in [-0.2, 0) is 0 Å². The predicted molar refractivity (Wildman–Crippen MR) is 82.3 cm³/mol. The molecule has 1 aromatic carbocycles.